The summed E-state index contributed by atoms with van der Waals surface area (Å²) in [5.74, 6) is 0.436. The molecule has 4 rings (SSSR count). The Hall–Kier alpha value is -3.59. The second kappa shape index (κ2) is 7.97. The number of nitrogens with one attached hydrogen (secondary N) is 1. The summed E-state index contributed by atoms with van der Waals surface area (Å²) in [5.41, 5.74) is 1.84. The highest BCUT2D eigenvalue weighted by Gasteiger charge is 2.12. The first-order valence-corrected chi connectivity index (χ1v) is 8.80. The summed E-state index contributed by atoms with van der Waals surface area (Å²) in [7, 11) is 0. The van der Waals surface area contributed by atoms with Crippen molar-refractivity contribution < 1.29 is 4.79 Å². The average Bonchev–Trinajstić information content (AvgIpc) is 3.33. The maximum atomic E-state index is 12.3. The van der Waals surface area contributed by atoms with Gasteiger partial charge in [0, 0.05) is 10.6 Å². The lowest BCUT2D eigenvalue weighted by molar-refractivity contribution is -0.117. The molecule has 9 nitrogen and oxygen atoms in total. The van der Waals surface area contributed by atoms with E-state index >= 15 is 0 Å². The smallest absolute Gasteiger partial charge is 0.250 e. The highest BCUT2D eigenvalue weighted by atomic mass is 35.5. The Balaban J connectivity index is 1.40. The molecular formula is C18H15ClN8O. The van der Waals surface area contributed by atoms with E-state index in [9.17, 15) is 4.79 Å². The van der Waals surface area contributed by atoms with Crippen molar-refractivity contribution in [2.24, 2.45) is 0 Å². The average molecular weight is 395 g/mol. The molecule has 0 fully saturated rings. The van der Waals surface area contributed by atoms with E-state index in [2.05, 4.69) is 30.9 Å². The van der Waals surface area contributed by atoms with E-state index in [4.69, 9.17) is 11.6 Å². The standard InChI is InChI=1S/C18H15ClN8O/c19-15-8-6-14(7-9-15)17-22-25-27(24-17)11-16(28)21-18-23-20-12-26(18)10-13-4-2-1-3-5-13/h1-9,12H,10-11H2,(H,21,23,28). The van der Waals surface area contributed by atoms with E-state index in [0.29, 0.717) is 23.3 Å². The van der Waals surface area contributed by atoms with Crippen molar-refractivity contribution in [1.29, 1.82) is 0 Å². The molecule has 140 valence electrons. The number of carbonyl (C=O) groups excluding carboxylic acids is 1. The van der Waals surface area contributed by atoms with E-state index in [-0.39, 0.29) is 12.5 Å². The summed E-state index contributed by atoms with van der Waals surface area (Å²) >= 11 is 5.88. The number of hydrogen-bond donors (Lipinski definition) is 1. The Bertz CT molecular complexity index is 1070. The van der Waals surface area contributed by atoms with E-state index in [1.807, 2.05) is 30.3 Å². The van der Waals surface area contributed by atoms with Crippen LogP contribution in [-0.2, 0) is 17.9 Å². The fourth-order valence-electron chi connectivity index (χ4n) is 2.57. The molecule has 10 heteroatoms. The molecule has 0 atom stereocenters. The van der Waals surface area contributed by atoms with Gasteiger partial charge in [0.2, 0.25) is 17.7 Å². The first-order valence-electron chi connectivity index (χ1n) is 8.43. The summed E-state index contributed by atoms with van der Waals surface area (Å²) in [5, 5.41) is 23.3. The van der Waals surface area contributed by atoms with Crippen LogP contribution in [0.3, 0.4) is 0 Å². The zero-order chi connectivity index (χ0) is 19.3. The lowest BCUT2D eigenvalue weighted by Crippen LogP contribution is -2.22. The molecular weight excluding hydrogens is 380 g/mol. The van der Waals surface area contributed by atoms with Crippen LogP contribution >= 0.6 is 11.6 Å². The Kier molecular flexibility index (Phi) is 5.07. The summed E-state index contributed by atoms with van der Waals surface area (Å²) in [6, 6.07) is 16.9. The molecule has 1 N–H and O–H groups in total. The third kappa shape index (κ3) is 4.21. The SMILES string of the molecule is O=C(Cn1nnc(-c2ccc(Cl)cc2)n1)Nc1nncn1Cc1ccccc1. The van der Waals surface area contributed by atoms with Gasteiger partial charge in [0.25, 0.3) is 0 Å². The van der Waals surface area contributed by atoms with Gasteiger partial charge in [-0.15, -0.1) is 20.4 Å². The molecule has 2 aromatic carbocycles. The van der Waals surface area contributed by atoms with Gasteiger partial charge >= 0.3 is 0 Å². The number of halogens is 1. The van der Waals surface area contributed by atoms with Crippen molar-refractivity contribution in [3.63, 3.8) is 0 Å². The van der Waals surface area contributed by atoms with Crippen LogP contribution in [0.15, 0.2) is 60.9 Å². The van der Waals surface area contributed by atoms with Gasteiger partial charge in [-0.05, 0) is 35.0 Å². The second-order valence-corrected chi connectivity index (χ2v) is 6.40. The number of benzene rings is 2. The number of anilines is 1. The van der Waals surface area contributed by atoms with Gasteiger partial charge in [0.05, 0.1) is 6.54 Å². The number of amides is 1. The van der Waals surface area contributed by atoms with Gasteiger partial charge in [-0.1, -0.05) is 41.9 Å². The van der Waals surface area contributed by atoms with Crippen molar-refractivity contribution >= 4 is 23.5 Å². The highest BCUT2D eigenvalue weighted by molar-refractivity contribution is 6.30. The van der Waals surface area contributed by atoms with Crippen molar-refractivity contribution in [3.8, 4) is 11.4 Å². The lowest BCUT2D eigenvalue weighted by atomic mass is 10.2. The van der Waals surface area contributed by atoms with Gasteiger partial charge in [-0.2, -0.15) is 4.80 Å². The van der Waals surface area contributed by atoms with E-state index in [1.165, 1.54) is 4.80 Å². The van der Waals surface area contributed by atoms with Gasteiger partial charge in [-0.25, -0.2) is 0 Å². The monoisotopic (exact) mass is 394 g/mol. The number of tetrazole rings is 1. The normalized spacial score (nSPS) is 10.8. The summed E-state index contributed by atoms with van der Waals surface area (Å²) in [4.78, 5) is 13.6. The number of carbonyl (C=O) groups is 1. The number of aromatic nitrogens is 7. The zero-order valence-corrected chi connectivity index (χ0v) is 15.4. The van der Waals surface area contributed by atoms with Crippen molar-refractivity contribution in [2.75, 3.05) is 5.32 Å². The molecule has 28 heavy (non-hydrogen) atoms. The third-order valence-electron chi connectivity index (χ3n) is 3.90. The largest absolute Gasteiger partial charge is 0.295 e. The minimum atomic E-state index is -0.331. The van der Waals surface area contributed by atoms with Crippen LogP contribution in [0.2, 0.25) is 5.02 Å². The van der Waals surface area contributed by atoms with E-state index in [0.717, 1.165) is 11.1 Å². The molecule has 0 saturated carbocycles. The zero-order valence-electron chi connectivity index (χ0n) is 14.6. The Morgan fingerprint density at radius 1 is 1.04 bits per heavy atom. The predicted molar refractivity (Wildman–Crippen MR) is 102 cm³/mol. The topological polar surface area (TPSA) is 103 Å². The maximum Gasteiger partial charge on any atom is 0.250 e. The van der Waals surface area contributed by atoms with Gasteiger partial charge < -0.3 is 0 Å². The summed E-state index contributed by atoms with van der Waals surface area (Å²) in [6.45, 7) is 0.449. The van der Waals surface area contributed by atoms with E-state index in [1.54, 1.807) is 35.2 Å². The predicted octanol–water partition coefficient (Wildman–Crippen LogP) is 2.27. The molecule has 1 amide bonds. The summed E-state index contributed by atoms with van der Waals surface area (Å²) < 4.78 is 1.75. The second-order valence-electron chi connectivity index (χ2n) is 5.97. The lowest BCUT2D eigenvalue weighted by Gasteiger charge is -2.07. The van der Waals surface area contributed by atoms with Crippen molar-refractivity contribution in [3.05, 3.63) is 71.5 Å². The maximum absolute atomic E-state index is 12.3. The number of rotatable bonds is 6. The van der Waals surface area contributed by atoms with Crippen molar-refractivity contribution in [2.45, 2.75) is 13.1 Å². The first kappa shape index (κ1) is 17.8. The fourth-order valence-corrected chi connectivity index (χ4v) is 2.69. The fraction of sp³-hybridized carbons (Fsp3) is 0.111. The highest BCUT2D eigenvalue weighted by Crippen LogP contribution is 2.17. The van der Waals surface area contributed by atoms with Crippen LogP contribution in [0.25, 0.3) is 11.4 Å². The molecule has 0 spiro atoms. The van der Waals surface area contributed by atoms with Gasteiger partial charge in [0.15, 0.2) is 0 Å². The summed E-state index contributed by atoms with van der Waals surface area (Å²) in [6.07, 6.45) is 1.56. The Labute approximate surface area is 165 Å². The molecule has 0 aliphatic carbocycles. The first-order chi connectivity index (χ1) is 13.7. The molecule has 2 aromatic heterocycles. The molecule has 4 aromatic rings. The Morgan fingerprint density at radius 3 is 2.61 bits per heavy atom. The van der Waals surface area contributed by atoms with Gasteiger partial charge in [-0.3, -0.25) is 14.7 Å². The quantitative estimate of drug-likeness (QED) is 0.538. The molecule has 0 aliphatic heterocycles. The van der Waals surface area contributed by atoms with Crippen LogP contribution in [-0.4, -0.2) is 40.9 Å². The van der Waals surface area contributed by atoms with Crippen LogP contribution in [0.4, 0.5) is 5.95 Å². The van der Waals surface area contributed by atoms with Crippen LogP contribution in [0, 0.1) is 0 Å². The van der Waals surface area contributed by atoms with Crippen LogP contribution in [0.5, 0.6) is 0 Å². The van der Waals surface area contributed by atoms with Crippen LogP contribution in [0.1, 0.15) is 5.56 Å². The molecule has 0 aliphatic rings. The number of nitrogens with zero attached hydrogens (tertiary/aromatic N) is 7. The molecule has 0 bridgehead atoms. The van der Waals surface area contributed by atoms with Crippen molar-refractivity contribution in [1.82, 2.24) is 35.0 Å². The molecule has 0 saturated heterocycles. The number of hydrogen-bond acceptors (Lipinski definition) is 6. The third-order valence-corrected chi connectivity index (χ3v) is 4.15. The molecule has 2 heterocycles. The molecule has 0 unspecified atom stereocenters. The molecule has 0 radical (unpaired) electrons. The van der Waals surface area contributed by atoms with Crippen LogP contribution < -0.4 is 5.32 Å². The minimum absolute atomic E-state index is 0.0984. The van der Waals surface area contributed by atoms with Gasteiger partial charge in [0.1, 0.15) is 12.9 Å². The Morgan fingerprint density at radius 2 is 1.82 bits per heavy atom. The minimum Gasteiger partial charge on any atom is -0.295 e. The van der Waals surface area contributed by atoms with E-state index < -0.39 is 0 Å².